The highest BCUT2D eigenvalue weighted by Gasteiger charge is 2.20. The maximum Gasteiger partial charge on any atom is 0.317 e. The second-order valence-corrected chi connectivity index (χ2v) is 4.88. The van der Waals surface area contributed by atoms with Crippen molar-refractivity contribution in [2.75, 3.05) is 34.2 Å². The van der Waals surface area contributed by atoms with E-state index in [1.54, 1.807) is 0 Å². The molecule has 0 heterocycles. The minimum atomic E-state index is -1.20. The number of carbonyl (C=O) groups excluding carboxylic acids is 2. The van der Waals surface area contributed by atoms with Crippen LogP contribution in [0.5, 0.6) is 0 Å². The van der Waals surface area contributed by atoms with Crippen LogP contribution in [-0.4, -0.2) is 67.8 Å². The molecule has 0 aromatic heterocycles. The zero-order chi connectivity index (χ0) is 15.6. The van der Waals surface area contributed by atoms with Gasteiger partial charge in [-0.05, 0) is 0 Å². The quantitative estimate of drug-likeness (QED) is 0.437. The van der Waals surface area contributed by atoms with E-state index in [0.29, 0.717) is 11.0 Å². The fourth-order valence-electron chi connectivity index (χ4n) is 1.17. The number of esters is 1. The van der Waals surface area contributed by atoms with Crippen LogP contribution in [0.3, 0.4) is 0 Å². The lowest BCUT2D eigenvalue weighted by atomic mass is 10.2. The Morgan fingerprint density at radius 2 is 1.70 bits per heavy atom. The predicted molar refractivity (Wildman–Crippen MR) is 72.0 cm³/mol. The number of nitrogens with two attached hydrogens (primary N) is 1. The molecule has 0 aromatic carbocycles. The van der Waals surface area contributed by atoms with E-state index in [-0.39, 0.29) is 25.4 Å². The van der Waals surface area contributed by atoms with Crippen LogP contribution in [0.4, 0.5) is 0 Å². The van der Waals surface area contributed by atoms with Crippen LogP contribution in [-0.2, 0) is 19.1 Å². The Morgan fingerprint density at radius 1 is 1.30 bits per heavy atom. The van der Waals surface area contributed by atoms with Crippen molar-refractivity contribution in [3.05, 3.63) is 0 Å². The minimum Gasteiger partial charge on any atom is -0.550 e. The van der Waals surface area contributed by atoms with E-state index in [4.69, 9.17) is 9.84 Å². The molecule has 0 rings (SSSR count). The molecule has 0 aliphatic rings. The van der Waals surface area contributed by atoms with Gasteiger partial charge in [0.1, 0.15) is 6.54 Å². The molecule has 0 amide bonds. The maximum absolute atomic E-state index is 10.7. The van der Waals surface area contributed by atoms with Gasteiger partial charge >= 0.3 is 11.9 Å². The van der Waals surface area contributed by atoms with Gasteiger partial charge < -0.3 is 30.0 Å². The number of aliphatic carboxylic acids is 2. The SMILES string of the molecule is CC(=O)O[C@H](CC(=O)[O-])C[N+](C)(C)C.Cl.NCC(=O)O. The molecule has 0 saturated carbocycles. The van der Waals surface area contributed by atoms with Gasteiger partial charge in [0, 0.05) is 19.3 Å². The first-order valence-electron chi connectivity index (χ1n) is 5.57. The smallest absolute Gasteiger partial charge is 0.317 e. The lowest BCUT2D eigenvalue weighted by molar-refractivity contribution is -0.873. The monoisotopic (exact) mass is 314 g/mol. The van der Waals surface area contributed by atoms with Crippen LogP contribution >= 0.6 is 12.4 Å². The van der Waals surface area contributed by atoms with E-state index in [2.05, 4.69) is 5.73 Å². The molecule has 9 heteroatoms. The van der Waals surface area contributed by atoms with Gasteiger partial charge in [0.25, 0.3) is 0 Å². The summed E-state index contributed by atoms with van der Waals surface area (Å²) in [5.41, 5.74) is 4.57. The highest BCUT2D eigenvalue weighted by Crippen LogP contribution is 2.04. The third-order valence-electron chi connectivity index (χ3n) is 1.65. The van der Waals surface area contributed by atoms with Crippen molar-refractivity contribution < 1.29 is 33.8 Å². The summed E-state index contributed by atoms with van der Waals surface area (Å²) in [6, 6.07) is 0. The molecular weight excluding hydrogens is 292 g/mol. The first-order valence-corrected chi connectivity index (χ1v) is 5.57. The lowest BCUT2D eigenvalue weighted by Gasteiger charge is -2.28. The van der Waals surface area contributed by atoms with Gasteiger partial charge in [0.2, 0.25) is 0 Å². The Morgan fingerprint density at radius 3 is 1.90 bits per heavy atom. The average Bonchev–Trinajstić information content (AvgIpc) is 2.13. The van der Waals surface area contributed by atoms with Crippen molar-refractivity contribution in [1.29, 1.82) is 0 Å². The van der Waals surface area contributed by atoms with Crippen LogP contribution in [0.25, 0.3) is 0 Å². The number of carbonyl (C=O) groups is 3. The maximum atomic E-state index is 10.7. The third-order valence-corrected chi connectivity index (χ3v) is 1.65. The molecule has 3 N–H and O–H groups in total. The van der Waals surface area contributed by atoms with Gasteiger partial charge in [0.05, 0.1) is 27.7 Å². The number of hydrogen-bond donors (Lipinski definition) is 2. The van der Waals surface area contributed by atoms with Crippen molar-refractivity contribution in [2.45, 2.75) is 19.4 Å². The summed E-state index contributed by atoms with van der Waals surface area (Å²) in [7, 11) is 5.68. The van der Waals surface area contributed by atoms with Crippen molar-refractivity contribution >= 4 is 30.3 Å². The summed E-state index contributed by atoms with van der Waals surface area (Å²) in [5.74, 6) is -2.64. The van der Waals surface area contributed by atoms with E-state index in [9.17, 15) is 19.5 Å². The summed E-state index contributed by atoms with van der Waals surface area (Å²) < 4.78 is 5.39. The molecule has 0 fully saturated rings. The molecular formula is C11H23ClN2O6. The topological polar surface area (TPSA) is 130 Å². The number of carboxylic acid groups (broad SMARTS) is 2. The highest BCUT2D eigenvalue weighted by molar-refractivity contribution is 5.85. The fraction of sp³-hybridized carbons (Fsp3) is 0.727. The Bertz CT molecular complexity index is 301. The Balaban J connectivity index is -0.000000414. The Kier molecular flexibility index (Phi) is 13.6. The zero-order valence-electron chi connectivity index (χ0n) is 12.1. The van der Waals surface area contributed by atoms with Crippen LogP contribution in [0.1, 0.15) is 13.3 Å². The molecule has 0 aliphatic heterocycles. The van der Waals surface area contributed by atoms with Crippen molar-refractivity contribution in [3.63, 3.8) is 0 Å². The number of hydrogen-bond acceptors (Lipinski definition) is 6. The fourth-order valence-corrected chi connectivity index (χ4v) is 1.17. The summed E-state index contributed by atoms with van der Waals surface area (Å²) in [6.45, 7) is 1.44. The number of rotatable bonds is 6. The number of ether oxygens (including phenoxy) is 1. The number of carboxylic acids is 2. The van der Waals surface area contributed by atoms with E-state index in [1.807, 2.05) is 21.1 Å². The first kappa shape index (κ1) is 23.7. The predicted octanol–water partition coefficient (Wildman–Crippen LogP) is -1.78. The molecule has 120 valence electrons. The summed E-state index contributed by atoms with van der Waals surface area (Å²) in [5, 5.41) is 18.0. The Labute approximate surface area is 124 Å². The van der Waals surface area contributed by atoms with Crippen LogP contribution in [0.2, 0.25) is 0 Å². The van der Waals surface area contributed by atoms with Crippen molar-refractivity contribution in [3.8, 4) is 0 Å². The van der Waals surface area contributed by atoms with Crippen molar-refractivity contribution in [2.24, 2.45) is 5.73 Å². The number of quaternary nitrogens is 1. The standard InChI is InChI=1S/C9H17NO4.C2H5NO2.ClH/c1-7(11)14-8(5-9(12)13)6-10(2,3)4;3-1-2(4)5;/h8H,5-6H2,1-4H3;1,3H2,(H,4,5);1H/t8-;;/m1../s1. The normalized spacial score (nSPS) is 11.2. The summed E-state index contributed by atoms with van der Waals surface area (Å²) in [6.07, 6.45) is -0.868. The van der Waals surface area contributed by atoms with E-state index >= 15 is 0 Å². The minimum absolute atomic E-state index is 0. The summed E-state index contributed by atoms with van der Waals surface area (Å²) >= 11 is 0. The van der Waals surface area contributed by atoms with E-state index in [1.165, 1.54) is 6.92 Å². The van der Waals surface area contributed by atoms with Gasteiger partial charge in [-0.3, -0.25) is 9.59 Å². The molecule has 0 radical (unpaired) electrons. The molecule has 0 saturated heterocycles. The second-order valence-electron chi connectivity index (χ2n) is 4.88. The molecule has 1 atom stereocenters. The van der Waals surface area contributed by atoms with Gasteiger partial charge in [-0.15, -0.1) is 12.4 Å². The van der Waals surface area contributed by atoms with Gasteiger partial charge in [0.15, 0.2) is 6.10 Å². The molecule has 8 nitrogen and oxygen atoms in total. The molecule has 0 aromatic rings. The van der Waals surface area contributed by atoms with Crippen molar-refractivity contribution in [1.82, 2.24) is 0 Å². The number of nitrogens with zero attached hydrogens (tertiary/aromatic N) is 1. The lowest BCUT2D eigenvalue weighted by Crippen LogP contribution is -2.45. The molecule has 0 aliphatic carbocycles. The molecule has 0 unspecified atom stereocenters. The van der Waals surface area contributed by atoms with Crippen LogP contribution in [0.15, 0.2) is 0 Å². The van der Waals surface area contributed by atoms with Crippen LogP contribution in [0, 0.1) is 0 Å². The number of likely N-dealkylation sites (N-methyl/N-ethyl adjacent to an activating group) is 1. The largest absolute Gasteiger partial charge is 0.550 e. The highest BCUT2D eigenvalue weighted by atomic mass is 35.5. The van der Waals surface area contributed by atoms with Crippen LogP contribution < -0.4 is 10.8 Å². The molecule has 0 spiro atoms. The van der Waals surface area contributed by atoms with E-state index < -0.39 is 24.0 Å². The Hall–Kier alpha value is -1.38. The van der Waals surface area contributed by atoms with E-state index in [0.717, 1.165) is 0 Å². The molecule has 20 heavy (non-hydrogen) atoms. The number of halogens is 1. The van der Waals surface area contributed by atoms with Gasteiger partial charge in [-0.1, -0.05) is 0 Å². The third kappa shape index (κ3) is 21.9. The average molecular weight is 315 g/mol. The van der Waals surface area contributed by atoms with Gasteiger partial charge in [-0.2, -0.15) is 0 Å². The first-order chi connectivity index (χ1) is 8.47. The summed E-state index contributed by atoms with van der Waals surface area (Å²) in [4.78, 5) is 30.3. The zero-order valence-corrected chi connectivity index (χ0v) is 12.9. The second kappa shape index (κ2) is 11.4. The van der Waals surface area contributed by atoms with Gasteiger partial charge in [-0.25, -0.2) is 0 Å². The molecule has 0 bridgehead atoms.